The number of nitrogens with one attached hydrogen (secondary N) is 3. The Kier molecular flexibility index (Phi) is 7.74. The Labute approximate surface area is 213 Å². The third-order valence-electron chi connectivity index (χ3n) is 5.65. The van der Waals surface area contributed by atoms with Crippen LogP contribution in [0.25, 0.3) is 10.9 Å². The molecule has 0 unspecified atom stereocenters. The van der Waals surface area contributed by atoms with Crippen LogP contribution in [0.15, 0.2) is 60.9 Å². The smallest absolute Gasteiger partial charge is 0.255 e. The molecule has 2 atom stereocenters. The van der Waals surface area contributed by atoms with Crippen molar-refractivity contribution >= 4 is 28.6 Å². The van der Waals surface area contributed by atoms with Crippen LogP contribution in [-0.2, 0) is 0 Å². The zero-order chi connectivity index (χ0) is 26.4. The second kappa shape index (κ2) is 11.3. The van der Waals surface area contributed by atoms with Gasteiger partial charge in [-0.15, -0.1) is 0 Å². The fraction of sp³-hybridized carbons (Fsp3) is 0.222. The van der Waals surface area contributed by atoms with Crippen LogP contribution < -0.4 is 20.7 Å². The van der Waals surface area contributed by atoms with E-state index < -0.39 is 5.91 Å². The van der Waals surface area contributed by atoms with Crippen molar-refractivity contribution in [3.05, 3.63) is 83.4 Å². The van der Waals surface area contributed by atoms with Crippen LogP contribution >= 0.6 is 0 Å². The molecule has 9 nitrogen and oxygen atoms in total. The molecule has 2 aromatic carbocycles. The summed E-state index contributed by atoms with van der Waals surface area (Å²) in [6, 6.07) is 14.6. The number of carbonyl (C=O) groups is 1. The van der Waals surface area contributed by atoms with E-state index in [2.05, 4.69) is 30.9 Å². The average Bonchev–Trinajstić information content (AvgIpc) is 2.91. The molecule has 1 amide bonds. The number of ether oxygens (including phenoxy) is 1. The van der Waals surface area contributed by atoms with Gasteiger partial charge in [0, 0.05) is 24.8 Å². The van der Waals surface area contributed by atoms with E-state index in [9.17, 15) is 14.4 Å². The van der Waals surface area contributed by atoms with E-state index in [1.54, 1.807) is 32.3 Å². The molecule has 0 bridgehead atoms. The molecule has 0 aliphatic heterocycles. The molecule has 0 radical (unpaired) electrons. The molecule has 2 heterocycles. The van der Waals surface area contributed by atoms with Crippen LogP contribution in [0.4, 0.5) is 16.2 Å². The summed E-state index contributed by atoms with van der Waals surface area (Å²) in [4.78, 5) is 26.0. The predicted molar refractivity (Wildman–Crippen MR) is 139 cm³/mol. The predicted octanol–water partition coefficient (Wildman–Crippen LogP) is 4.45. The Balaban J connectivity index is 1.43. The second-order valence-corrected chi connectivity index (χ2v) is 8.45. The highest BCUT2D eigenvalue weighted by atomic mass is 19.1. The first-order chi connectivity index (χ1) is 17.9. The monoisotopic (exact) mass is 499 g/mol. The number of carbonyl (C=O) groups excluding carboxylic acids is 1. The van der Waals surface area contributed by atoms with Crippen molar-refractivity contribution in [2.45, 2.75) is 26.0 Å². The van der Waals surface area contributed by atoms with Crippen LogP contribution in [0.3, 0.4) is 0 Å². The largest absolute Gasteiger partial charge is 0.489 e. The number of hydrogen-bond donors (Lipinski definition) is 3. The standard InChI is InChI=1S/C27H26FN7O2/c1-16(37-22-8-9-24-20(11-22)15-33-27(30-3)35-24)13-31-25-23(10-18(12-29)14-32-25)26(36)34-17(2)19-4-6-21(28)7-5-19/h4-11,14-17H,13H2,1-3H3,(H,31,32)(H,34,36)(H,30,33,35)/t16-,17+/m1/s1. The molecule has 0 aliphatic carbocycles. The number of hydrogen-bond acceptors (Lipinski definition) is 8. The third-order valence-corrected chi connectivity index (χ3v) is 5.65. The minimum atomic E-state index is -0.409. The Morgan fingerprint density at radius 2 is 1.89 bits per heavy atom. The minimum Gasteiger partial charge on any atom is -0.489 e. The SMILES string of the molecule is CNc1ncc2cc(O[C@H](C)CNc3ncc(C#N)cc3C(=O)N[C@@H](C)c3ccc(F)cc3)ccc2n1. The number of rotatable bonds is 9. The summed E-state index contributed by atoms with van der Waals surface area (Å²) in [6.45, 7) is 4.03. The first kappa shape index (κ1) is 25.3. The molecule has 3 N–H and O–H groups in total. The fourth-order valence-corrected chi connectivity index (χ4v) is 3.67. The van der Waals surface area contributed by atoms with Gasteiger partial charge in [-0.05, 0) is 55.8 Å². The van der Waals surface area contributed by atoms with Gasteiger partial charge in [-0.1, -0.05) is 12.1 Å². The number of halogens is 1. The van der Waals surface area contributed by atoms with Gasteiger partial charge >= 0.3 is 0 Å². The van der Waals surface area contributed by atoms with Gasteiger partial charge in [0.05, 0.1) is 29.2 Å². The van der Waals surface area contributed by atoms with Crippen LogP contribution in [0.1, 0.15) is 41.4 Å². The Morgan fingerprint density at radius 1 is 1.11 bits per heavy atom. The van der Waals surface area contributed by atoms with Crippen molar-refractivity contribution in [2.75, 3.05) is 24.2 Å². The van der Waals surface area contributed by atoms with E-state index in [-0.39, 0.29) is 29.1 Å². The van der Waals surface area contributed by atoms with E-state index in [1.807, 2.05) is 31.2 Å². The summed E-state index contributed by atoms with van der Waals surface area (Å²) in [6.07, 6.45) is 2.85. The van der Waals surface area contributed by atoms with Gasteiger partial charge in [0.1, 0.15) is 29.6 Å². The van der Waals surface area contributed by atoms with Gasteiger partial charge in [0.25, 0.3) is 5.91 Å². The molecular formula is C27H26FN7O2. The lowest BCUT2D eigenvalue weighted by molar-refractivity contribution is 0.0940. The quantitative estimate of drug-likeness (QED) is 0.309. The van der Waals surface area contributed by atoms with E-state index in [1.165, 1.54) is 24.4 Å². The average molecular weight is 500 g/mol. The van der Waals surface area contributed by atoms with Crippen LogP contribution in [-0.4, -0.2) is 40.6 Å². The number of anilines is 2. The summed E-state index contributed by atoms with van der Waals surface area (Å²) in [7, 11) is 1.76. The summed E-state index contributed by atoms with van der Waals surface area (Å²) >= 11 is 0. The van der Waals surface area contributed by atoms with Crippen molar-refractivity contribution in [3.63, 3.8) is 0 Å². The molecule has 0 spiro atoms. The van der Waals surface area contributed by atoms with E-state index in [0.29, 0.717) is 24.1 Å². The summed E-state index contributed by atoms with van der Waals surface area (Å²) in [5.74, 6) is 0.760. The molecule has 2 aromatic heterocycles. The second-order valence-electron chi connectivity index (χ2n) is 8.45. The topological polar surface area (TPSA) is 125 Å². The maximum atomic E-state index is 13.2. The number of pyridine rings is 1. The lowest BCUT2D eigenvalue weighted by Gasteiger charge is -2.19. The lowest BCUT2D eigenvalue weighted by Crippen LogP contribution is -2.29. The lowest BCUT2D eigenvalue weighted by atomic mass is 10.1. The molecule has 0 saturated heterocycles. The highest BCUT2D eigenvalue weighted by Gasteiger charge is 2.18. The van der Waals surface area contributed by atoms with Gasteiger partial charge in [-0.25, -0.2) is 19.3 Å². The summed E-state index contributed by atoms with van der Waals surface area (Å²) in [5.41, 5.74) is 2.03. The highest BCUT2D eigenvalue weighted by molar-refractivity contribution is 5.99. The van der Waals surface area contributed by atoms with Crippen molar-refractivity contribution in [1.29, 1.82) is 5.26 Å². The number of nitrogens with zero attached hydrogens (tertiary/aromatic N) is 4. The van der Waals surface area contributed by atoms with Crippen molar-refractivity contribution < 1.29 is 13.9 Å². The molecule has 10 heteroatoms. The molecule has 188 valence electrons. The van der Waals surface area contributed by atoms with Crippen molar-refractivity contribution in [2.24, 2.45) is 0 Å². The zero-order valence-corrected chi connectivity index (χ0v) is 20.6. The van der Waals surface area contributed by atoms with Crippen molar-refractivity contribution in [1.82, 2.24) is 20.3 Å². The number of amides is 1. The van der Waals surface area contributed by atoms with Gasteiger partial charge < -0.3 is 20.7 Å². The van der Waals surface area contributed by atoms with Crippen molar-refractivity contribution in [3.8, 4) is 11.8 Å². The van der Waals surface area contributed by atoms with Crippen LogP contribution in [0.2, 0.25) is 0 Å². The van der Waals surface area contributed by atoms with E-state index in [0.717, 1.165) is 16.5 Å². The Hall–Kier alpha value is -4.78. The molecular weight excluding hydrogens is 473 g/mol. The number of nitriles is 1. The summed E-state index contributed by atoms with van der Waals surface area (Å²) in [5, 5.41) is 19.1. The zero-order valence-electron chi connectivity index (χ0n) is 20.6. The third kappa shape index (κ3) is 6.27. The Bertz CT molecular complexity index is 1450. The first-order valence-corrected chi connectivity index (χ1v) is 11.7. The molecule has 0 fully saturated rings. The number of benzene rings is 2. The molecule has 4 aromatic rings. The maximum absolute atomic E-state index is 13.2. The van der Waals surface area contributed by atoms with Gasteiger partial charge in [-0.3, -0.25) is 4.79 Å². The molecule has 0 saturated carbocycles. The Morgan fingerprint density at radius 3 is 2.62 bits per heavy atom. The molecule has 0 aliphatic rings. The number of fused-ring (bicyclic) bond motifs is 1. The first-order valence-electron chi connectivity index (χ1n) is 11.7. The van der Waals surface area contributed by atoms with Crippen LogP contribution in [0, 0.1) is 17.1 Å². The molecule has 37 heavy (non-hydrogen) atoms. The van der Waals surface area contributed by atoms with Gasteiger partial charge in [0.2, 0.25) is 5.95 Å². The van der Waals surface area contributed by atoms with Gasteiger partial charge in [0.15, 0.2) is 0 Å². The van der Waals surface area contributed by atoms with E-state index in [4.69, 9.17) is 4.74 Å². The van der Waals surface area contributed by atoms with E-state index >= 15 is 0 Å². The maximum Gasteiger partial charge on any atom is 0.255 e. The molecule has 4 rings (SSSR count). The highest BCUT2D eigenvalue weighted by Crippen LogP contribution is 2.22. The normalized spacial score (nSPS) is 12.3. The van der Waals surface area contributed by atoms with Crippen LogP contribution in [0.5, 0.6) is 5.75 Å². The minimum absolute atomic E-state index is 0.225. The summed E-state index contributed by atoms with van der Waals surface area (Å²) < 4.78 is 19.3. The fourth-order valence-electron chi connectivity index (χ4n) is 3.67. The number of aromatic nitrogens is 3. The van der Waals surface area contributed by atoms with Gasteiger partial charge in [-0.2, -0.15) is 5.26 Å².